The zero-order valence-corrected chi connectivity index (χ0v) is 22.3. The van der Waals surface area contributed by atoms with Crippen molar-refractivity contribution in [3.8, 4) is 0 Å². The average Bonchev–Trinajstić information content (AvgIpc) is 3.57. The van der Waals surface area contributed by atoms with Crippen LogP contribution in [0.5, 0.6) is 0 Å². The number of thiophene rings is 1. The van der Waals surface area contributed by atoms with E-state index in [2.05, 4.69) is 10.6 Å². The fraction of sp³-hybridized carbons (Fsp3) is 0.480. The van der Waals surface area contributed by atoms with Crippen LogP contribution in [0.3, 0.4) is 0 Å². The zero-order chi connectivity index (χ0) is 26.6. The van der Waals surface area contributed by atoms with Crippen molar-refractivity contribution in [2.24, 2.45) is 5.92 Å². The highest BCUT2D eigenvalue weighted by Gasteiger charge is 2.47. The van der Waals surface area contributed by atoms with Gasteiger partial charge in [0.25, 0.3) is 15.9 Å². The second-order valence-corrected chi connectivity index (χ2v) is 12.6. The molecule has 2 fully saturated rings. The monoisotopic (exact) mass is 548 g/mol. The van der Waals surface area contributed by atoms with Crippen LogP contribution in [0.15, 0.2) is 46.0 Å². The van der Waals surface area contributed by atoms with Crippen LogP contribution in [0.25, 0.3) is 0 Å². The number of aryl methyl sites for hydroxylation is 1. The van der Waals surface area contributed by atoms with Crippen LogP contribution in [0, 0.1) is 12.8 Å². The number of hydrogen-bond acceptors (Lipinski definition) is 6. The zero-order valence-electron chi connectivity index (χ0n) is 20.6. The van der Waals surface area contributed by atoms with E-state index in [4.69, 9.17) is 0 Å². The van der Waals surface area contributed by atoms with Crippen molar-refractivity contribution < 1.29 is 27.9 Å². The van der Waals surface area contributed by atoms with Crippen molar-refractivity contribution in [3.63, 3.8) is 0 Å². The van der Waals surface area contributed by atoms with E-state index >= 15 is 0 Å². The molecule has 1 aliphatic carbocycles. The molecule has 1 saturated carbocycles. The summed E-state index contributed by atoms with van der Waals surface area (Å²) < 4.78 is 28.0. The van der Waals surface area contributed by atoms with Crippen LogP contribution in [0.1, 0.15) is 44.1 Å². The van der Waals surface area contributed by atoms with E-state index in [1.165, 1.54) is 11.0 Å². The van der Waals surface area contributed by atoms with Gasteiger partial charge in [0.2, 0.25) is 0 Å². The van der Waals surface area contributed by atoms with Gasteiger partial charge in [-0.25, -0.2) is 13.2 Å². The van der Waals surface area contributed by atoms with Crippen molar-refractivity contribution in [1.82, 2.24) is 14.5 Å². The number of carboxylic acids is 1. The fourth-order valence-corrected chi connectivity index (χ4v) is 7.68. The summed E-state index contributed by atoms with van der Waals surface area (Å²) in [5.41, 5.74) is 1.53. The molecule has 0 bridgehead atoms. The second-order valence-electron chi connectivity index (χ2n) is 9.52. The highest BCUT2D eigenvalue weighted by Crippen LogP contribution is 2.30. The summed E-state index contributed by atoms with van der Waals surface area (Å²) in [5, 5.41) is 16.7. The number of carboxylic acid groups (broad SMARTS) is 1. The van der Waals surface area contributed by atoms with Crippen LogP contribution < -0.4 is 10.6 Å². The Kier molecular flexibility index (Phi) is 8.50. The summed E-state index contributed by atoms with van der Waals surface area (Å²) in [6.45, 7) is 1.86. The highest BCUT2D eigenvalue weighted by atomic mass is 32.2. The topological polar surface area (TPSA) is 136 Å². The number of sulfonamides is 1. The largest absolute Gasteiger partial charge is 0.481 e. The second kappa shape index (κ2) is 11.6. The van der Waals surface area contributed by atoms with Gasteiger partial charge in [0.05, 0.1) is 6.42 Å². The molecule has 1 aliphatic heterocycles. The third kappa shape index (κ3) is 6.31. The molecule has 1 aromatic heterocycles. The molecule has 0 spiro atoms. The van der Waals surface area contributed by atoms with Gasteiger partial charge in [0.15, 0.2) is 6.17 Å². The van der Waals surface area contributed by atoms with Crippen LogP contribution in [-0.2, 0) is 19.6 Å². The molecule has 12 heteroatoms. The van der Waals surface area contributed by atoms with Crippen molar-refractivity contribution in [2.45, 2.75) is 61.9 Å². The first-order valence-electron chi connectivity index (χ1n) is 12.4. The van der Waals surface area contributed by atoms with Crippen molar-refractivity contribution in [1.29, 1.82) is 0 Å². The number of amides is 3. The van der Waals surface area contributed by atoms with Crippen LogP contribution in [0.2, 0.25) is 0 Å². The first-order valence-corrected chi connectivity index (χ1v) is 14.7. The van der Waals surface area contributed by atoms with E-state index in [0.717, 1.165) is 53.3 Å². The molecular formula is C25H32N4O6S2. The maximum absolute atomic E-state index is 13.7. The Bertz CT molecular complexity index is 1210. The molecule has 2 heterocycles. The van der Waals surface area contributed by atoms with Gasteiger partial charge in [-0.05, 0) is 49.3 Å². The number of nitrogens with zero attached hydrogens (tertiary/aromatic N) is 2. The predicted molar refractivity (Wildman–Crippen MR) is 140 cm³/mol. The minimum Gasteiger partial charge on any atom is -0.481 e. The van der Waals surface area contributed by atoms with Crippen molar-refractivity contribution in [2.75, 3.05) is 18.4 Å². The Morgan fingerprint density at radius 3 is 2.41 bits per heavy atom. The van der Waals surface area contributed by atoms with Gasteiger partial charge in [-0.15, -0.1) is 11.3 Å². The first-order chi connectivity index (χ1) is 17.7. The van der Waals surface area contributed by atoms with E-state index < -0.39 is 40.1 Å². The molecule has 3 N–H and O–H groups in total. The molecule has 3 amide bonds. The quantitative estimate of drug-likeness (QED) is 0.462. The molecule has 0 radical (unpaired) electrons. The summed E-state index contributed by atoms with van der Waals surface area (Å²) in [6.07, 6.45) is 2.82. The fourth-order valence-electron chi connectivity index (χ4n) is 5.02. The lowest BCUT2D eigenvalue weighted by Gasteiger charge is -2.33. The summed E-state index contributed by atoms with van der Waals surface area (Å²) in [6, 6.07) is 8.92. The SMILES string of the molecule is Cc1ccc(NC(=O)N2CCN(S(=O)(=O)c3cccs3)C2C(=O)NC(CC(=O)O)C2CCCCC2)cc1. The predicted octanol–water partition coefficient (Wildman–Crippen LogP) is 3.46. The van der Waals surface area contributed by atoms with Gasteiger partial charge >= 0.3 is 12.0 Å². The molecular weight excluding hydrogens is 516 g/mol. The van der Waals surface area contributed by atoms with E-state index in [-0.39, 0.29) is 29.6 Å². The number of anilines is 1. The lowest BCUT2D eigenvalue weighted by Crippen LogP contribution is -2.57. The average molecular weight is 549 g/mol. The van der Waals surface area contributed by atoms with Crippen molar-refractivity contribution >= 4 is 45.0 Å². The molecule has 2 aliphatic rings. The number of urea groups is 1. The van der Waals surface area contributed by atoms with Gasteiger partial charge in [-0.3, -0.25) is 14.5 Å². The normalized spacial score (nSPS) is 19.9. The smallest absolute Gasteiger partial charge is 0.323 e. The molecule has 1 saturated heterocycles. The Morgan fingerprint density at radius 2 is 1.78 bits per heavy atom. The lowest BCUT2D eigenvalue weighted by atomic mass is 9.82. The standard InChI is InChI=1S/C25H32N4O6S2/c1-17-9-11-19(12-10-17)26-25(33)28-13-14-29(37(34,35)22-8-5-15-36-22)24(28)23(32)27-20(16-21(30)31)18-6-3-2-4-7-18/h5,8-12,15,18,20,24H,2-4,6-7,13-14,16H2,1H3,(H,26,33)(H,27,32)(H,30,31). The molecule has 4 rings (SSSR count). The third-order valence-corrected chi connectivity index (χ3v) is 10.2. The van der Waals surface area contributed by atoms with Crippen LogP contribution in [-0.4, -0.2) is 65.9 Å². The Hall–Kier alpha value is -2.96. The van der Waals surface area contributed by atoms with Crippen molar-refractivity contribution in [3.05, 3.63) is 47.3 Å². The highest BCUT2D eigenvalue weighted by molar-refractivity contribution is 7.91. The third-order valence-electron chi connectivity index (χ3n) is 6.93. The summed E-state index contributed by atoms with van der Waals surface area (Å²) >= 11 is 1.03. The van der Waals surface area contributed by atoms with Gasteiger partial charge in [-0.2, -0.15) is 4.31 Å². The summed E-state index contributed by atoms with van der Waals surface area (Å²) in [7, 11) is -4.07. The van der Waals surface area contributed by atoms with Gasteiger partial charge in [0.1, 0.15) is 4.21 Å². The van der Waals surface area contributed by atoms with Gasteiger partial charge in [0, 0.05) is 24.8 Å². The minimum absolute atomic E-state index is 0.00735. The van der Waals surface area contributed by atoms with Gasteiger partial charge < -0.3 is 15.7 Å². The first kappa shape index (κ1) is 27.1. The molecule has 2 atom stereocenters. The summed E-state index contributed by atoms with van der Waals surface area (Å²) in [5.74, 6) is -1.76. The summed E-state index contributed by atoms with van der Waals surface area (Å²) in [4.78, 5) is 39.7. The van der Waals surface area contributed by atoms with Crippen LogP contribution >= 0.6 is 11.3 Å². The van der Waals surface area contributed by atoms with Gasteiger partial charge in [-0.1, -0.05) is 43.0 Å². The number of hydrogen-bond donors (Lipinski definition) is 3. The number of benzene rings is 1. The Labute approximate surface area is 220 Å². The molecule has 2 aromatic rings. The molecule has 200 valence electrons. The minimum atomic E-state index is -4.07. The number of carbonyl (C=O) groups is 3. The Balaban J connectivity index is 1.61. The maximum Gasteiger partial charge on any atom is 0.323 e. The number of rotatable bonds is 8. The van der Waals surface area contributed by atoms with Crippen LogP contribution in [0.4, 0.5) is 10.5 Å². The van der Waals surface area contributed by atoms with E-state index in [1.54, 1.807) is 23.6 Å². The molecule has 1 aromatic carbocycles. The number of nitrogens with one attached hydrogen (secondary N) is 2. The number of aliphatic carboxylic acids is 1. The lowest BCUT2D eigenvalue weighted by molar-refractivity contribution is -0.138. The van der Waals surface area contributed by atoms with E-state index in [0.29, 0.717) is 5.69 Å². The number of carbonyl (C=O) groups excluding carboxylic acids is 2. The molecule has 37 heavy (non-hydrogen) atoms. The maximum atomic E-state index is 13.7. The van der Waals surface area contributed by atoms with E-state index in [1.807, 2.05) is 19.1 Å². The molecule has 2 unspecified atom stereocenters. The van der Waals surface area contributed by atoms with E-state index in [9.17, 15) is 27.9 Å². The Morgan fingerprint density at radius 1 is 1.08 bits per heavy atom. The molecule has 10 nitrogen and oxygen atoms in total.